The molecule has 0 fully saturated rings. The number of nitrogens with two attached hydrogens (primary N) is 1. The molecule has 22 heteroatoms. The minimum absolute atomic E-state index is 0.124. The molecule has 3 amide bonds. The van der Waals surface area contributed by atoms with E-state index in [0.29, 0.717) is 11.0 Å². The quantitative estimate of drug-likeness (QED) is 0.0220. The summed E-state index contributed by atoms with van der Waals surface area (Å²) >= 11 is 0. The number of quaternary nitrogens is 1. The molecule has 0 spiro atoms. The number of hydrogen-bond donors (Lipinski definition) is 4. The maximum atomic E-state index is 15.0. The third-order valence-electron chi connectivity index (χ3n) is 10.8. The minimum Gasteiger partial charge on any atom is -0.550 e. The summed E-state index contributed by atoms with van der Waals surface area (Å²) in [6.45, 7) is 13.3. The van der Waals surface area contributed by atoms with Crippen molar-refractivity contribution in [1.82, 2.24) is 10.6 Å². The number of nitrogens with zero attached hydrogens (tertiary/aromatic N) is 1. The Kier molecular flexibility index (Phi) is 29.3. The van der Waals surface area contributed by atoms with Crippen molar-refractivity contribution in [3.8, 4) is 0 Å². The van der Waals surface area contributed by atoms with Gasteiger partial charge in [0, 0.05) is 35.6 Å². The van der Waals surface area contributed by atoms with Crippen molar-refractivity contribution >= 4 is 51.7 Å². The fraction of sp³-hybridized carbons (Fsp3) is 0.841. The Hall–Kier alpha value is -3.96. The van der Waals surface area contributed by atoms with Crippen molar-refractivity contribution < 1.29 is 84.5 Å². The average molecular weight is 969 g/mol. The van der Waals surface area contributed by atoms with Gasteiger partial charge in [0.2, 0.25) is 17.7 Å². The number of ether oxygens (including phenoxy) is 6. The van der Waals surface area contributed by atoms with Crippen molar-refractivity contribution in [3.05, 3.63) is 0 Å². The molecule has 0 saturated carbocycles. The summed E-state index contributed by atoms with van der Waals surface area (Å²) < 4.78 is 66.9. The van der Waals surface area contributed by atoms with Crippen LogP contribution in [0.1, 0.15) is 107 Å². The molecule has 0 aliphatic rings. The van der Waals surface area contributed by atoms with E-state index in [0.717, 1.165) is 6.54 Å². The van der Waals surface area contributed by atoms with Crippen LogP contribution in [0.2, 0.25) is 0 Å². The van der Waals surface area contributed by atoms with Crippen molar-refractivity contribution in [2.75, 3.05) is 92.4 Å². The number of carbonyl (C=O) groups is 7. The summed E-state index contributed by atoms with van der Waals surface area (Å²) in [5, 5.41) is 18.4. The van der Waals surface area contributed by atoms with Crippen molar-refractivity contribution in [1.29, 1.82) is 0 Å². The van der Waals surface area contributed by atoms with Gasteiger partial charge in [0.05, 0.1) is 117 Å². The first-order valence-electron chi connectivity index (χ1n) is 22.8. The van der Waals surface area contributed by atoms with Crippen molar-refractivity contribution in [3.63, 3.8) is 0 Å². The van der Waals surface area contributed by atoms with Crippen LogP contribution in [0.3, 0.4) is 0 Å². The van der Waals surface area contributed by atoms with Crippen LogP contribution >= 0.6 is 0 Å². The number of nitrogens with one attached hydrogen (secondary N) is 2. The maximum Gasteiger partial charge on any atom is 0.308 e. The van der Waals surface area contributed by atoms with E-state index in [1.807, 2.05) is 27.9 Å². The first-order valence-corrected chi connectivity index (χ1v) is 24.4. The van der Waals surface area contributed by atoms with Crippen LogP contribution in [-0.2, 0) is 72.1 Å². The van der Waals surface area contributed by atoms with Gasteiger partial charge in [0.25, 0.3) is 10.1 Å². The molecule has 5 atom stereocenters. The summed E-state index contributed by atoms with van der Waals surface area (Å²) in [4.78, 5) is 91.1. The number of carbonyl (C=O) groups excluding carboxylic acids is 7. The van der Waals surface area contributed by atoms with Gasteiger partial charge in [-0.05, 0) is 73.6 Å². The van der Waals surface area contributed by atoms with E-state index < -0.39 is 98.6 Å². The monoisotopic (exact) mass is 969 g/mol. The van der Waals surface area contributed by atoms with Gasteiger partial charge < -0.3 is 59.2 Å². The van der Waals surface area contributed by atoms with Gasteiger partial charge in [-0.25, -0.2) is 0 Å². The molecule has 0 heterocycles. The van der Waals surface area contributed by atoms with Crippen molar-refractivity contribution in [2.45, 2.75) is 118 Å². The summed E-state index contributed by atoms with van der Waals surface area (Å²) in [6.07, 6.45) is -1.20. The summed E-state index contributed by atoms with van der Waals surface area (Å²) in [7, 11) is -0.559. The Labute approximate surface area is 391 Å². The first-order chi connectivity index (χ1) is 30.7. The lowest BCUT2D eigenvalue weighted by molar-refractivity contribution is -0.891. The molecule has 0 radical (unpaired) electrons. The lowest BCUT2D eigenvalue weighted by atomic mass is 9.79. The molecule has 66 heavy (non-hydrogen) atoms. The number of amides is 3. The lowest BCUT2D eigenvalue weighted by Gasteiger charge is -2.37. The smallest absolute Gasteiger partial charge is 0.308 e. The number of rotatable bonds is 38. The molecule has 0 aromatic heterocycles. The van der Waals surface area contributed by atoms with Gasteiger partial charge in [-0.3, -0.25) is 33.3 Å². The summed E-state index contributed by atoms with van der Waals surface area (Å²) in [5.74, 6) is -11.2. The highest BCUT2D eigenvalue weighted by Crippen LogP contribution is 2.31. The molecule has 384 valence electrons. The van der Waals surface area contributed by atoms with Crippen LogP contribution in [0.4, 0.5) is 0 Å². The molecule has 0 aliphatic heterocycles. The number of aliphatic carboxylic acids is 1. The second kappa shape index (κ2) is 31.2. The highest BCUT2D eigenvalue weighted by molar-refractivity contribution is 7.85. The molecule has 5 N–H and O–H groups in total. The fourth-order valence-electron chi connectivity index (χ4n) is 7.45. The Morgan fingerprint density at radius 3 is 1.42 bits per heavy atom. The molecule has 0 bridgehead atoms. The maximum absolute atomic E-state index is 15.0. The summed E-state index contributed by atoms with van der Waals surface area (Å²) in [5.41, 5.74) is 2.47. The predicted octanol–water partition coefficient (Wildman–Crippen LogP) is 0.936. The topological polar surface area (TPSA) is 302 Å². The molecular formula is C44H80N4O17S. The first kappa shape index (κ1) is 62.0. The molecule has 0 aliphatic carbocycles. The van der Waals surface area contributed by atoms with E-state index >= 15 is 4.79 Å². The van der Waals surface area contributed by atoms with Crippen LogP contribution in [-0.4, -0.2) is 163 Å². The van der Waals surface area contributed by atoms with Crippen LogP contribution in [0.15, 0.2) is 0 Å². The Morgan fingerprint density at radius 2 is 1.06 bits per heavy atom. The molecule has 0 rings (SSSR count). The van der Waals surface area contributed by atoms with Crippen LogP contribution in [0, 0.1) is 29.6 Å². The van der Waals surface area contributed by atoms with E-state index in [9.17, 15) is 46.8 Å². The number of carboxylic acid groups (broad SMARTS) is 1. The molecule has 0 saturated heterocycles. The van der Waals surface area contributed by atoms with Gasteiger partial charge in [0.1, 0.15) is 5.54 Å². The van der Waals surface area contributed by atoms with Gasteiger partial charge in [-0.2, -0.15) is 8.42 Å². The van der Waals surface area contributed by atoms with E-state index in [2.05, 4.69) is 10.6 Å². The average Bonchev–Trinajstić information content (AvgIpc) is 3.19. The second-order valence-corrected chi connectivity index (χ2v) is 19.5. The largest absolute Gasteiger partial charge is 0.550 e. The van der Waals surface area contributed by atoms with Gasteiger partial charge >= 0.3 is 17.9 Å². The third kappa shape index (κ3) is 27.6. The molecular weight excluding hydrogens is 889 g/mol. The minimum atomic E-state index is -4.56. The number of hydrogen-bond acceptors (Lipinski definition) is 16. The molecule has 5 unspecified atom stereocenters. The van der Waals surface area contributed by atoms with Gasteiger partial charge in [-0.15, -0.1) is 0 Å². The van der Waals surface area contributed by atoms with E-state index in [4.69, 9.17) is 34.2 Å². The zero-order chi connectivity index (χ0) is 50.7. The van der Waals surface area contributed by atoms with Crippen molar-refractivity contribution in [2.24, 2.45) is 35.3 Å². The predicted molar refractivity (Wildman–Crippen MR) is 239 cm³/mol. The van der Waals surface area contributed by atoms with Gasteiger partial charge in [0.15, 0.2) is 0 Å². The van der Waals surface area contributed by atoms with E-state index in [1.54, 1.807) is 27.7 Å². The second-order valence-electron chi connectivity index (χ2n) is 18.1. The van der Waals surface area contributed by atoms with Crippen LogP contribution < -0.4 is 21.5 Å². The van der Waals surface area contributed by atoms with E-state index in [-0.39, 0.29) is 110 Å². The van der Waals surface area contributed by atoms with Crippen LogP contribution in [0.5, 0.6) is 0 Å². The van der Waals surface area contributed by atoms with Gasteiger partial charge in [-0.1, -0.05) is 13.8 Å². The highest BCUT2D eigenvalue weighted by atomic mass is 32.2. The number of carboxylic acids is 1. The highest BCUT2D eigenvalue weighted by Gasteiger charge is 2.40. The van der Waals surface area contributed by atoms with E-state index in [1.165, 1.54) is 13.8 Å². The third-order valence-corrected chi connectivity index (χ3v) is 11.9. The Bertz CT molecular complexity index is 1580. The molecule has 0 aromatic carbocycles. The zero-order valence-corrected chi connectivity index (χ0v) is 41.8. The standard InChI is InChI=1S/C44H80N4O17S/c1-11-32(39(45)52)23-35(42(55)56)25-34(24-33(22-31(6)26-48(9,10)12-2)40(53)46-43(7,8)30-66(57,58)59)41(54)47-44(27-60-19-16-36(49)63-13-3,28-61-20-17-37(50)64-14-4)29-62-21-18-38(51)65-15-5/h31-35H,11-30H2,1-10H3,(H5-,45,46,47,52,53,54,55,56,57,58,59). The Morgan fingerprint density at radius 1 is 0.667 bits per heavy atom. The number of primary amides is 1. The Balaban J connectivity index is 7.62. The zero-order valence-electron chi connectivity index (χ0n) is 40.9. The van der Waals surface area contributed by atoms with Crippen LogP contribution in [0.25, 0.3) is 0 Å². The molecule has 0 aromatic rings. The summed E-state index contributed by atoms with van der Waals surface area (Å²) in [6, 6.07) is 0. The SMILES string of the molecule is CCOC(=O)CCOCC(COCCC(=O)OCC)(COCCC(=O)OCC)NC(=O)C(CC(CC(CC)C(N)=O)C(=O)[O-])CC(CC(C)C[N+](C)(C)CC)C(=O)NC(C)(C)CS(=O)(=O)O. The fourth-order valence-corrected chi connectivity index (χ4v) is 8.43. The normalized spacial score (nSPS) is 14.5. The lowest BCUT2D eigenvalue weighted by Crippen LogP contribution is -2.60. The molecule has 21 nitrogen and oxygen atoms in total. The number of esters is 3.